The van der Waals surface area contributed by atoms with Gasteiger partial charge in [0.2, 0.25) is 5.91 Å². The Morgan fingerprint density at radius 3 is 2.25 bits per heavy atom. The van der Waals surface area contributed by atoms with Crippen LogP contribution in [0, 0.1) is 11.3 Å². The molecule has 0 rings (SSSR count). The molecule has 0 aliphatic heterocycles. The summed E-state index contributed by atoms with van der Waals surface area (Å²) < 4.78 is 0. The molecule has 1 amide bonds. The van der Waals surface area contributed by atoms with Crippen LogP contribution in [0.4, 0.5) is 0 Å². The van der Waals surface area contributed by atoms with Crippen molar-refractivity contribution in [1.29, 1.82) is 0 Å². The van der Waals surface area contributed by atoms with E-state index in [1.165, 1.54) is 0 Å². The van der Waals surface area contributed by atoms with Crippen LogP contribution in [0.3, 0.4) is 0 Å². The number of amides is 1. The van der Waals surface area contributed by atoms with Gasteiger partial charge >= 0.3 is 0 Å². The van der Waals surface area contributed by atoms with Crippen LogP contribution in [0.2, 0.25) is 0 Å². The van der Waals surface area contributed by atoms with Gasteiger partial charge in [-0.3, -0.25) is 4.79 Å². The fourth-order valence-electron chi connectivity index (χ4n) is 1.10. The van der Waals surface area contributed by atoms with Gasteiger partial charge in [-0.2, -0.15) is 0 Å². The Morgan fingerprint density at radius 1 is 1.25 bits per heavy atom. The molecule has 0 saturated heterocycles. The van der Waals surface area contributed by atoms with Gasteiger partial charge < -0.3 is 10.6 Å². The first-order valence-corrected chi connectivity index (χ1v) is 6.29. The molecule has 1 atom stereocenters. The van der Waals surface area contributed by atoms with Gasteiger partial charge in [0, 0.05) is 13.1 Å². The van der Waals surface area contributed by atoms with Gasteiger partial charge in [0.1, 0.15) is 0 Å². The minimum Gasteiger partial charge on any atom is -0.354 e. The maximum atomic E-state index is 11.7. The molecule has 0 aromatic carbocycles. The molecule has 1 unspecified atom stereocenters. The predicted molar refractivity (Wildman–Crippen MR) is 69.4 cm³/mol. The van der Waals surface area contributed by atoms with E-state index in [4.69, 9.17) is 0 Å². The van der Waals surface area contributed by atoms with Crippen LogP contribution in [0.25, 0.3) is 0 Å². The smallest absolute Gasteiger partial charge is 0.236 e. The normalized spacial score (nSPS) is 13.9. The van der Waals surface area contributed by atoms with Crippen molar-refractivity contribution >= 4 is 5.91 Å². The summed E-state index contributed by atoms with van der Waals surface area (Å²) in [6, 6.07) is -0.107. The Morgan fingerprint density at radius 2 is 1.81 bits per heavy atom. The van der Waals surface area contributed by atoms with Crippen LogP contribution in [0.5, 0.6) is 0 Å². The topological polar surface area (TPSA) is 41.1 Å². The van der Waals surface area contributed by atoms with Crippen molar-refractivity contribution in [3.63, 3.8) is 0 Å². The van der Waals surface area contributed by atoms with Gasteiger partial charge in [0.25, 0.3) is 0 Å². The van der Waals surface area contributed by atoms with E-state index < -0.39 is 0 Å². The van der Waals surface area contributed by atoms with E-state index >= 15 is 0 Å². The van der Waals surface area contributed by atoms with Crippen LogP contribution in [0.1, 0.15) is 48.0 Å². The number of carbonyl (C=O) groups excluding carboxylic acids is 1. The average molecular weight is 228 g/mol. The Hall–Kier alpha value is -0.570. The third-order valence-corrected chi connectivity index (χ3v) is 2.92. The van der Waals surface area contributed by atoms with E-state index in [2.05, 4.69) is 45.3 Å². The minimum atomic E-state index is -0.107. The number of hydrogen-bond acceptors (Lipinski definition) is 2. The molecule has 0 saturated carbocycles. The average Bonchev–Trinajstić information content (AvgIpc) is 2.22. The van der Waals surface area contributed by atoms with Gasteiger partial charge in [-0.1, -0.05) is 34.6 Å². The van der Waals surface area contributed by atoms with Crippen molar-refractivity contribution < 1.29 is 4.79 Å². The molecule has 0 radical (unpaired) electrons. The highest BCUT2D eigenvalue weighted by Crippen LogP contribution is 2.17. The second-order valence-corrected chi connectivity index (χ2v) is 5.76. The summed E-state index contributed by atoms with van der Waals surface area (Å²) in [4.78, 5) is 11.7. The lowest BCUT2D eigenvalue weighted by atomic mass is 9.90. The Balaban J connectivity index is 3.88. The highest BCUT2D eigenvalue weighted by molar-refractivity contribution is 5.81. The highest BCUT2D eigenvalue weighted by Gasteiger charge is 2.18. The highest BCUT2D eigenvalue weighted by atomic mass is 16.2. The van der Waals surface area contributed by atoms with Crippen molar-refractivity contribution in [2.24, 2.45) is 11.3 Å². The van der Waals surface area contributed by atoms with E-state index in [9.17, 15) is 4.79 Å². The standard InChI is InChI=1S/C13H28N2O/c1-7-13(5,6)9-15-11(4)12(16)14-8-10(2)3/h10-11,15H,7-9H2,1-6H3,(H,14,16). The number of hydrogen-bond donors (Lipinski definition) is 2. The van der Waals surface area contributed by atoms with Crippen molar-refractivity contribution in [1.82, 2.24) is 10.6 Å². The fourth-order valence-corrected chi connectivity index (χ4v) is 1.10. The summed E-state index contributed by atoms with van der Waals surface area (Å²) in [6.45, 7) is 14.3. The first kappa shape index (κ1) is 15.4. The fraction of sp³-hybridized carbons (Fsp3) is 0.923. The van der Waals surface area contributed by atoms with Gasteiger partial charge in [0.05, 0.1) is 6.04 Å². The Bertz CT molecular complexity index is 212. The second-order valence-electron chi connectivity index (χ2n) is 5.76. The molecule has 0 aliphatic carbocycles. The van der Waals surface area contributed by atoms with E-state index in [1.807, 2.05) is 6.92 Å². The zero-order valence-corrected chi connectivity index (χ0v) is 11.7. The Labute approximate surface area is 100 Å². The van der Waals surface area contributed by atoms with Crippen LogP contribution >= 0.6 is 0 Å². The van der Waals surface area contributed by atoms with Crippen LogP contribution in [0.15, 0.2) is 0 Å². The summed E-state index contributed by atoms with van der Waals surface area (Å²) >= 11 is 0. The molecule has 0 fully saturated rings. The SMILES string of the molecule is CCC(C)(C)CNC(C)C(=O)NCC(C)C. The second kappa shape index (κ2) is 6.89. The van der Waals surface area contributed by atoms with Crippen LogP contribution in [-0.2, 0) is 4.79 Å². The number of nitrogens with one attached hydrogen (secondary N) is 2. The largest absolute Gasteiger partial charge is 0.354 e. The van der Waals surface area contributed by atoms with Crippen molar-refractivity contribution in [2.45, 2.75) is 54.0 Å². The van der Waals surface area contributed by atoms with E-state index in [1.54, 1.807) is 0 Å². The molecule has 3 heteroatoms. The molecule has 16 heavy (non-hydrogen) atoms. The van der Waals surface area contributed by atoms with Gasteiger partial charge in [0.15, 0.2) is 0 Å². The molecule has 3 nitrogen and oxygen atoms in total. The van der Waals surface area contributed by atoms with Gasteiger partial charge in [-0.05, 0) is 24.7 Å². The summed E-state index contributed by atoms with van der Waals surface area (Å²) in [5.74, 6) is 0.601. The van der Waals surface area contributed by atoms with Crippen molar-refractivity contribution in [3.05, 3.63) is 0 Å². The van der Waals surface area contributed by atoms with Crippen LogP contribution in [-0.4, -0.2) is 25.0 Å². The van der Waals surface area contributed by atoms with Gasteiger partial charge in [-0.15, -0.1) is 0 Å². The van der Waals surface area contributed by atoms with Crippen molar-refractivity contribution in [2.75, 3.05) is 13.1 Å². The molecule has 96 valence electrons. The zero-order valence-electron chi connectivity index (χ0n) is 11.7. The number of rotatable bonds is 7. The van der Waals surface area contributed by atoms with E-state index in [-0.39, 0.29) is 17.4 Å². The zero-order chi connectivity index (χ0) is 12.8. The third kappa shape index (κ3) is 6.83. The summed E-state index contributed by atoms with van der Waals surface area (Å²) in [5, 5.41) is 6.22. The number of carbonyl (C=O) groups is 1. The van der Waals surface area contributed by atoms with Crippen molar-refractivity contribution in [3.8, 4) is 0 Å². The summed E-state index contributed by atoms with van der Waals surface area (Å²) in [5.41, 5.74) is 0.257. The molecular formula is C13H28N2O. The third-order valence-electron chi connectivity index (χ3n) is 2.92. The molecule has 0 aromatic rings. The summed E-state index contributed by atoms with van der Waals surface area (Å²) in [7, 11) is 0. The maximum Gasteiger partial charge on any atom is 0.236 e. The maximum absolute atomic E-state index is 11.7. The van der Waals surface area contributed by atoms with E-state index in [0.29, 0.717) is 5.92 Å². The molecule has 0 bridgehead atoms. The molecule has 0 aliphatic rings. The first-order valence-electron chi connectivity index (χ1n) is 6.29. The monoisotopic (exact) mass is 228 g/mol. The Kier molecular flexibility index (Phi) is 6.65. The molecule has 0 aromatic heterocycles. The molecule has 0 spiro atoms. The minimum absolute atomic E-state index is 0.0978. The first-order chi connectivity index (χ1) is 7.28. The lowest BCUT2D eigenvalue weighted by molar-refractivity contribution is -0.123. The predicted octanol–water partition coefficient (Wildman–Crippen LogP) is 2.17. The van der Waals surface area contributed by atoms with Crippen LogP contribution < -0.4 is 10.6 Å². The lowest BCUT2D eigenvalue weighted by Gasteiger charge is -2.25. The van der Waals surface area contributed by atoms with E-state index in [0.717, 1.165) is 19.5 Å². The lowest BCUT2D eigenvalue weighted by Crippen LogP contribution is -2.46. The summed E-state index contributed by atoms with van der Waals surface area (Å²) in [6.07, 6.45) is 1.11. The molecular weight excluding hydrogens is 200 g/mol. The quantitative estimate of drug-likeness (QED) is 0.701. The van der Waals surface area contributed by atoms with Gasteiger partial charge in [-0.25, -0.2) is 0 Å². The molecule has 0 heterocycles. The molecule has 2 N–H and O–H groups in total.